The number of hydrogen-bond acceptors (Lipinski definition) is 0. The summed E-state index contributed by atoms with van der Waals surface area (Å²) in [6, 6.07) is 0. The van der Waals surface area contributed by atoms with Crippen LogP contribution in [0.1, 0.15) is 19.8 Å². The summed E-state index contributed by atoms with van der Waals surface area (Å²) in [6.07, 6.45) is 6.25. The predicted octanol–water partition coefficient (Wildman–Crippen LogP) is -1.20. The third-order valence-electron chi connectivity index (χ3n) is 0.569. The second-order valence-corrected chi connectivity index (χ2v) is 1.17. The van der Waals surface area contributed by atoms with Gasteiger partial charge in [-0.25, -0.2) is 0 Å². The topological polar surface area (TPSA) is 0 Å². The van der Waals surface area contributed by atoms with Gasteiger partial charge in [-0.1, -0.05) is 13.0 Å². The molecule has 0 bridgehead atoms. The van der Waals surface area contributed by atoms with Crippen LogP contribution in [-0.2, 0) is 0 Å². The first-order chi connectivity index (χ1) is 2.91. The predicted molar refractivity (Wildman–Crippen MR) is 35.2 cm³/mol. The molecule has 0 amide bonds. The zero-order chi connectivity index (χ0) is 4.83. The van der Waals surface area contributed by atoms with Crippen LogP contribution in [0.25, 0.3) is 0 Å². The van der Waals surface area contributed by atoms with E-state index in [0.717, 1.165) is 12.8 Å². The Kier molecular flexibility index (Phi) is 31.7. The van der Waals surface area contributed by atoms with E-state index >= 15 is 0 Å². The molecule has 0 atom stereocenters. The summed E-state index contributed by atoms with van der Waals surface area (Å²) < 4.78 is 0. The molecule has 0 aliphatic rings. The molecule has 0 fully saturated rings. The number of halogens is 1. The first kappa shape index (κ1) is 16.1. The van der Waals surface area contributed by atoms with E-state index in [1.165, 1.54) is 0 Å². The Morgan fingerprint density at radius 2 is 1.88 bits per heavy atom. The van der Waals surface area contributed by atoms with E-state index in [0.29, 0.717) is 0 Å². The Labute approximate surface area is 85.3 Å². The molecule has 8 heavy (non-hydrogen) atoms. The standard InChI is InChI=1S/C6H11.HI.Mg/c1-3-5-6-4-2;;/h5-6H,1,3-4H2,2H3;1H;/q-1;;+2/p-1. The summed E-state index contributed by atoms with van der Waals surface area (Å²) >= 11 is 0. The van der Waals surface area contributed by atoms with Crippen molar-refractivity contribution in [3.63, 3.8) is 0 Å². The molecule has 0 unspecified atom stereocenters. The maximum absolute atomic E-state index is 3.64. The van der Waals surface area contributed by atoms with Gasteiger partial charge in [0.05, 0.1) is 0 Å². The van der Waals surface area contributed by atoms with Crippen LogP contribution in [0.2, 0.25) is 0 Å². The van der Waals surface area contributed by atoms with Gasteiger partial charge in [0.15, 0.2) is 0 Å². The van der Waals surface area contributed by atoms with Gasteiger partial charge in [-0.15, -0.1) is 6.08 Å². The Balaban J connectivity index is -0.000000125. The first-order valence-corrected chi connectivity index (χ1v) is 2.36. The van der Waals surface area contributed by atoms with E-state index in [4.69, 9.17) is 0 Å². The molecule has 0 aromatic heterocycles. The molecule has 0 spiro atoms. The molecule has 0 aliphatic carbocycles. The minimum absolute atomic E-state index is 0. The summed E-state index contributed by atoms with van der Waals surface area (Å²) in [4.78, 5) is 0. The van der Waals surface area contributed by atoms with Crippen LogP contribution in [0.15, 0.2) is 12.2 Å². The van der Waals surface area contributed by atoms with Crippen molar-refractivity contribution in [1.82, 2.24) is 0 Å². The van der Waals surface area contributed by atoms with Crippen LogP contribution in [0.3, 0.4) is 0 Å². The van der Waals surface area contributed by atoms with Crippen LogP contribution in [-0.4, -0.2) is 23.1 Å². The fourth-order valence-electron chi connectivity index (χ4n) is 0.285. The van der Waals surface area contributed by atoms with Gasteiger partial charge in [0, 0.05) is 0 Å². The maximum Gasteiger partial charge on any atom is 2.00 e. The first-order valence-electron chi connectivity index (χ1n) is 2.36. The number of rotatable bonds is 2. The van der Waals surface area contributed by atoms with Crippen molar-refractivity contribution < 1.29 is 24.0 Å². The summed E-state index contributed by atoms with van der Waals surface area (Å²) in [5, 5.41) is 0. The summed E-state index contributed by atoms with van der Waals surface area (Å²) in [5.41, 5.74) is 0. The average Bonchev–Trinajstić information content (AvgIpc) is 1.61. The quantitative estimate of drug-likeness (QED) is 0.244. The van der Waals surface area contributed by atoms with Crippen molar-refractivity contribution in [3.8, 4) is 0 Å². The molecule has 0 radical (unpaired) electrons. The van der Waals surface area contributed by atoms with Crippen LogP contribution >= 0.6 is 0 Å². The molecule has 0 saturated carbocycles. The Hall–Kier alpha value is 1.24. The van der Waals surface area contributed by atoms with Gasteiger partial charge < -0.3 is 30.9 Å². The van der Waals surface area contributed by atoms with Crippen molar-refractivity contribution in [3.05, 3.63) is 19.1 Å². The molecule has 2 heteroatoms. The molecule has 0 rings (SSSR count). The van der Waals surface area contributed by atoms with Crippen molar-refractivity contribution >= 4 is 23.1 Å². The SMILES string of the molecule is [CH2-]CC=CCC.[I-].[Mg+2]. The van der Waals surface area contributed by atoms with Crippen LogP contribution in [0, 0.1) is 6.92 Å². The van der Waals surface area contributed by atoms with Crippen molar-refractivity contribution in [2.75, 3.05) is 0 Å². The third kappa shape index (κ3) is 15.7. The fourth-order valence-corrected chi connectivity index (χ4v) is 0.285. The van der Waals surface area contributed by atoms with E-state index in [1.807, 2.05) is 0 Å². The minimum Gasteiger partial charge on any atom is -1.00 e. The van der Waals surface area contributed by atoms with Crippen LogP contribution in [0.5, 0.6) is 0 Å². The van der Waals surface area contributed by atoms with Gasteiger partial charge in [0.2, 0.25) is 0 Å². The summed E-state index contributed by atoms with van der Waals surface area (Å²) in [5.74, 6) is 0. The zero-order valence-corrected chi connectivity index (χ0v) is 8.93. The van der Waals surface area contributed by atoms with Crippen LogP contribution in [0.4, 0.5) is 0 Å². The Bertz CT molecular complexity index is 37.8. The van der Waals surface area contributed by atoms with E-state index < -0.39 is 0 Å². The molecule has 0 aliphatic heterocycles. The monoisotopic (exact) mass is 234 g/mol. The number of hydrogen-bond donors (Lipinski definition) is 0. The van der Waals surface area contributed by atoms with Crippen molar-refractivity contribution in [2.45, 2.75) is 19.8 Å². The van der Waals surface area contributed by atoms with Gasteiger partial charge in [-0.05, 0) is 6.42 Å². The van der Waals surface area contributed by atoms with Crippen molar-refractivity contribution in [1.29, 1.82) is 0 Å². The summed E-state index contributed by atoms with van der Waals surface area (Å²) in [6.45, 7) is 5.75. The van der Waals surface area contributed by atoms with E-state index in [2.05, 4.69) is 26.0 Å². The smallest absolute Gasteiger partial charge is 1.00 e. The van der Waals surface area contributed by atoms with Crippen molar-refractivity contribution in [2.24, 2.45) is 0 Å². The van der Waals surface area contributed by atoms with Gasteiger partial charge in [-0.3, -0.25) is 0 Å². The third-order valence-corrected chi connectivity index (χ3v) is 0.569. The molecular formula is C6H11IMg. The van der Waals surface area contributed by atoms with E-state index in [1.54, 1.807) is 0 Å². The molecule has 0 nitrogen and oxygen atoms in total. The van der Waals surface area contributed by atoms with Crippen LogP contribution < -0.4 is 24.0 Å². The second kappa shape index (κ2) is 15.7. The van der Waals surface area contributed by atoms with Gasteiger partial charge >= 0.3 is 23.1 Å². The number of allylic oxidation sites excluding steroid dienone is 2. The molecule has 0 heterocycles. The normalized spacial score (nSPS) is 7.75. The maximum atomic E-state index is 3.64. The van der Waals surface area contributed by atoms with Gasteiger partial charge in [-0.2, -0.15) is 6.42 Å². The van der Waals surface area contributed by atoms with E-state index in [-0.39, 0.29) is 47.0 Å². The fraction of sp³-hybridized carbons (Fsp3) is 0.500. The molecule has 0 saturated heterocycles. The Morgan fingerprint density at radius 1 is 1.38 bits per heavy atom. The summed E-state index contributed by atoms with van der Waals surface area (Å²) in [7, 11) is 0. The van der Waals surface area contributed by atoms with Gasteiger partial charge in [0.25, 0.3) is 0 Å². The van der Waals surface area contributed by atoms with E-state index in [9.17, 15) is 0 Å². The molecule has 44 valence electrons. The largest absolute Gasteiger partial charge is 2.00 e. The minimum atomic E-state index is 0. The zero-order valence-electron chi connectivity index (χ0n) is 5.36. The Morgan fingerprint density at radius 3 is 2.00 bits per heavy atom. The average molecular weight is 234 g/mol. The molecule has 0 aromatic rings. The molecular weight excluding hydrogens is 223 g/mol. The molecule has 0 N–H and O–H groups in total. The molecule has 0 aromatic carbocycles. The van der Waals surface area contributed by atoms with Gasteiger partial charge in [0.1, 0.15) is 0 Å². The second-order valence-electron chi connectivity index (χ2n) is 1.17.